The average molecular weight is 351 g/mol. The first-order chi connectivity index (χ1) is 10.8. The van der Waals surface area contributed by atoms with Crippen LogP contribution in [-0.2, 0) is 20.5 Å². The number of esters is 1. The van der Waals surface area contributed by atoms with E-state index in [1.807, 2.05) is 0 Å². The number of nitrogens with zero attached hydrogens (tertiary/aromatic N) is 2. The van der Waals surface area contributed by atoms with Crippen molar-refractivity contribution in [3.8, 4) is 0 Å². The van der Waals surface area contributed by atoms with Crippen LogP contribution >= 0.6 is 11.8 Å². The largest absolute Gasteiger partial charge is 0.466 e. The molecule has 0 fully saturated rings. The Hall–Kier alpha value is -1.84. The van der Waals surface area contributed by atoms with E-state index in [0.717, 1.165) is 24.0 Å². The molecule has 1 amide bonds. The van der Waals surface area contributed by atoms with Gasteiger partial charge in [0, 0.05) is 19.2 Å². The van der Waals surface area contributed by atoms with Gasteiger partial charge in [-0.1, -0.05) is 11.8 Å². The van der Waals surface area contributed by atoms with Crippen molar-refractivity contribution in [2.45, 2.75) is 31.1 Å². The summed E-state index contributed by atoms with van der Waals surface area (Å²) in [6, 6.07) is 0.763. The molecule has 0 atom stereocenters. The fourth-order valence-corrected chi connectivity index (χ4v) is 2.10. The maximum absolute atomic E-state index is 12.5. The van der Waals surface area contributed by atoms with Gasteiger partial charge in [-0.2, -0.15) is 13.2 Å². The molecule has 6 nitrogen and oxygen atoms in total. The van der Waals surface area contributed by atoms with Gasteiger partial charge >= 0.3 is 12.1 Å². The van der Waals surface area contributed by atoms with Gasteiger partial charge < -0.3 is 10.1 Å². The lowest BCUT2D eigenvalue weighted by Crippen LogP contribution is -2.26. The molecule has 0 aliphatic rings. The zero-order chi connectivity index (χ0) is 17.3. The fourth-order valence-electron chi connectivity index (χ4n) is 1.44. The Kier molecular flexibility index (Phi) is 7.79. The van der Waals surface area contributed by atoms with E-state index in [1.54, 1.807) is 6.92 Å². The highest BCUT2D eigenvalue weighted by molar-refractivity contribution is 7.99. The molecule has 10 heteroatoms. The molecule has 1 N–H and O–H groups in total. The van der Waals surface area contributed by atoms with Crippen molar-refractivity contribution < 1.29 is 27.5 Å². The molecule has 1 heterocycles. The highest BCUT2D eigenvalue weighted by Gasteiger charge is 2.32. The summed E-state index contributed by atoms with van der Waals surface area (Å²) < 4.78 is 42.2. The number of hydrogen-bond acceptors (Lipinski definition) is 6. The van der Waals surface area contributed by atoms with Crippen molar-refractivity contribution in [3.05, 3.63) is 18.0 Å². The monoisotopic (exact) mass is 351 g/mol. The molecule has 1 aromatic heterocycles. The number of thioether (sulfide) groups is 1. The summed E-state index contributed by atoms with van der Waals surface area (Å²) in [6.07, 6.45) is -2.93. The van der Waals surface area contributed by atoms with E-state index < -0.39 is 11.9 Å². The number of nitrogens with one attached hydrogen (secondary N) is 1. The molecule has 1 rings (SSSR count). The van der Waals surface area contributed by atoms with Crippen LogP contribution in [0.2, 0.25) is 0 Å². The molecule has 0 aliphatic carbocycles. The third-order valence-electron chi connectivity index (χ3n) is 2.44. The second-order valence-electron chi connectivity index (χ2n) is 4.27. The lowest BCUT2D eigenvalue weighted by Gasteiger charge is -2.07. The quantitative estimate of drug-likeness (QED) is 0.334. The van der Waals surface area contributed by atoms with E-state index in [2.05, 4.69) is 15.3 Å². The molecule has 0 bridgehead atoms. The predicted octanol–water partition coefficient (Wildman–Crippen LogP) is 2.05. The molecule has 0 saturated heterocycles. The second kappa shape index (κ2) is 9.33. The number of alkyl halides is 3. The number of rotatable bonds is 8. The van der Waals surface area contributed by atoms with Crippen LogP contribution < -0.4 is 5.32 Å². The van der Waals surface area contributed by atoms with Crippen LogP contribution in [0.1, 0.15) is 25.5 Å². The highest BCUT2D eigenvalue weighted by Crippen LogP contribution is 2.28. The molecule has 1 aromatic rings. The van der Waals surface area contributed by atoms with Gasteiger partial charge in [-0.05, 0) is 19.4 Å². The average Bonchev–Trinajstić information content (AvgIpc) is 2.49. The summed E-state index contributed by atoms with van der Waals surface area (Å²) >= 11 is 0.805. The first-order valence-electron chi connectivity index (χ1n) is 6.78. The molecular weight excluding hydrogens is 335 g/mol. The van der Waals surface area contributed by atoms with Gasteiger partial charge in [-0.3, -0.25) is 9.59 Å². The molecular formula is C13H16F3N3O3S. The molecule has 0 unspecified atom stereocenters. The maximum Gasteiger partial charge on any atom is 0.433 e. The zero-order valence-corrected chi connectivity index (χ0v) is 13.2. The lowest BCUT2D eigenvalue weighted by atomic mass is 10.3. The number of aromatic nitrogens is 2. The van der Waals surface area contributed by atoms with Crippen molar-refractivity contribution in [3.63, 3.8) is 0 Å². The molecule has 0 saturated carbocycles. The molecule has 0 aromatic carbocycles. The Bertz CT molecular complexity index is 541. The van der Waals surface area contributed by atoms with Crippen LogP contribution in [-0.4, -0.2) is 40.7 Å². The normalized spacial score (nSPS) is 11.1. The van der Waals surface area contributed by atoms with Gasteiger partial charge in [0.2, 0.25) is 5.91 Å². The van der Waals surface area contributed by atoms with Crippen molar-refractivity contribution in [1.29, 1.82) is 0 Å². The standard InChI is InChI=1S/C13H16F3N3O3S/c1-2-22-11(21)4-3-6-17-10(20)8-23-12-18-7-5-9(19-12)13(14,15)16/h5,7H,2-4,6,8H2,1H3,(H,17,20). The first-order valence-corrected chi connectivity index (χ1v) is 7.77. The van der Waals surface area contributed by atoms with Crippen molar-refractivity contribution in [2.75, 3.05) is 18.9 Å². The molecule has 23 heavy (non-hydrogen) atoms. The SMILES string of the molecule is CCOC(=O)CCCNC(=O)CSc1nccc(C(F)(F)F)n1. The zero-order valence-electron chi connectivity index (χ0n) is 12.4. The van der Waals surface area contributed by atoms with E-state index >= 15 is 0 Å². The van der Waals surface area contributed by atoms with Gasteiger partial charge in [0.1, 0.15) is 5.69 Å². The van der Waals surface area contributed by atoms with E-state index in [1.165, 1.54) is 0 Å². The summed E-state index contributed by atoms with van der Waals surface area (Å²) in [5.41, 5.74) is -1.05. The van der Waals surface area contributed by atoms with Crippen LogP contribution in [0.15, 0.2) is 17.4 Å². The topological polar surface area (TPSA) is 81.2 Å². The first kappa shape index (κ1) is 19.2. The van der Waals surface area contributed by atoms with Crippen LogP contribution in [0, 0.1) is 0 Å². The summed E-state index contributed by atoms with van der Waals surface area (Å²) in [7, 11) is 0. The molecule has 128 valence electrons. The van der Waals surface area contributed by atoms with E-state index in [-0.39, 0.29) is 35.8 Å². The minimum absolute atomic E-state index is 0.110. The summed E-state index contributed by atoms with van der Waals surface area (Å²) in [6.45, 7) is 2.28. The Morgan fingerprint density at radius 2 is 2.13 bits per heavy atom. The van der Waals surface area contributed by atoms with E-state index in [9.17, 15) is 22.8 Å². The third-order valence-corrected chi connectivity index (χ3v) is 3.30. The van der Waals surface area contributed by atoms with E-state index in [0.29, 0.717) is 13.0 Å². The van der Waals surface area contributed by atoms with Gasteiger partial charge in [0.15, 0.2) is 5.16 Å². The Balaban J connectivity index is 2.30. The molecule has 0 radical (unpaired) electrons. The minimum atomic E-state index is -4.55. The number of hydrogen-bond donors (Lipinski definition) is 1. The summed E-state index contributed by atoms with van der Waals surface area (Å²) in [5.74, 6) is -0.825. The van der Waals surface area contributed by atoms with Crippen molar-refractivity contribution >= 4 is 23.6 Å². The van der Waals surface area contributed by atoms with Crippen LogP contribution in [0.3, 0.4) is 0 Å². The predicted molar refractivity (Wildman–Crippen MR) is 76.6 cm³/mol. The van der Waals surface area contributed by atoms with Gasteiger partial charge in [0.25, 0.3) is 0 Å². The van der Waals surface area contributed by atoms with Crippen LogP contribution in [0.4, 0.5) is 13.2 Å². The Morgan fingerprint density at radius 1 is 1.39 bits per heavy atom. The minimum Gasteiger partial charge on any atom is -0.466 e. The molecule has 0 aliphatic heterocycles. The summed E-state index contributed by atoms with van der Waals surface area (Å²) in [5, 5.41) is 2.43. The second-order valence-corrected chi connectivity index (χ2v) is 5.21. The Labute approximate surface area is 135 Å². The number of halogens is 3. The smallest absolute Gasteiger partial charge is 0.433 e. The summed E-state index contributed by atoms with van der Waals surface area (Å²) in [4.78, 5) is 29.6. The maximum atomic E-state index is 12.5. The van der Waals surface area contributed by atoms with Crippen LogP contribution in [0.5, 0.6) is 0 Å². The van der Waals surface area contributed by atoms with E-state index in [4.69, 9.17) is 4.74 Å². The van der Waals surface area contributed by atoms with Crippen molar-refractivity contribution in [2.24, 2.45) is 0 Å². The number of amides is 1. The van der Waals surface area contributed by atoms with Crippen molar-refractivity contribution in [1.82, 2.24) is 15.3 Å². The number of carbonyl (C=O) groups is 2. The van der Waals surface area contributed by atoms with Crippen LogP contribution in [0.25, 0.3) is 0 Å². The Morgan fingerprint density at radius 3 is 2.78 bits per heavy atom. The van der Waals surface area contributed by atoms with Gasteiger partial charge in [0.05, 0.1) is 12.4 Å². The number of ether oxygens (including phenoxy) is 1. The lowest BCUT2D eigenvalue weighted by molar-refractivity contribution is -0.143. The number of carbonyl (C=O) groups excluding carboxylic acids is 2. The fraction of sp³-hybridized carbons (Fsp3) is 0.538. The molecule has 0 spiro atoms. The highest BCUT2D eigenvalue weighted by atomic mass is 32.2. The third kappa shape index (κ3) is 7.82. The van der Waals surface area contributed by atoms with Gasteiger partial charge in [-0.25, -0.2) is 9.97 Å². The van der Waals surface area contributed by atoms with Gasteiger partial charge in [-0.15, -0.1) is 0 Å².